The lowest BCUT2D eigenvalue weighted by molar-refractivity contribution is -0.207. The van der Waals surface area contributed by atoms with Crippen molar-refractivity contribution in [2.75, 3.05) is 13.7 Å². The van der Waals surface area contributed by atoms with Gasteiger partial charge >= 0.3 is 6.03 Å². The zero-order chi connectivity index (χ0) is 17.7. The minimum atomic E-state index is -1.62. The van der Waals surface area contributed by atoms with Crippen LogP contribution < -0.4 is 5.32 Å². The van der Waals surface area contributed by atoms with Crippen LogP contribution in [-0.2, 0) is 14.3 Å². The third-order valence-corrected chi connectivity index (χ3v) is 5.46. The molecule has 130 valence electrons. The second-order valence-electron chi connectivity index (χ2n) is 6.60. The van der Waals surface area contributed by atoms with E-state index in [2.05, 4.69) is 5.32 Å². The van der Waals surface area contributed by atoms with E-state index in [0.717, 1.165) is 0 Å². The largest absolute Gasteiger partial charge is 0.393 e. The lowest BCUT2D eigenvalue weighted by Gasteiger charge is -2.47. The number of nitrogens with one attached hydrogen (secondary N) is 1. The fourth-order valence-corrected chi connectivity index (χ4v) is 3.34. The summed E-state index contributed by atoms with van der Waals surface area (Å²) in [6.45, 7) is 5.72. The zero-order valence-corrected chi connectivity index (χ0v) is 14.0. The highest BCUT2D eigenvalue weighted by atomic mass is 16.6. The molecule has 3 N–H and O–H groups in total. The molecule has 3 unspecified atom stereocenters. The predicted molar refractivity (Wildman–Crippen MR) is 80.2 cm³/mol. The summed E-state index contributed by atoms with van der Waals surface area (Å²) in [4.78, 5) is 25.1. The van der Waals surface area contributed by atoms with Crippen molar-refractivity contribution in [3.05, 3.63) is 12.3 Å². The molecule has 0 aromatic rings. The van der Waals surface area contributed by atoms with Crippen molar-refractivity contribution in [2.24, 2.45) is 0 Å². The summed E-state index contributed by atoms with van der Waals surface area (Å²) in [6, 6.07) is -0.687. The first-order valence-corrected chi connectivity index (χ1v) is 7.37. The van der Waals surface area contributed by atoms with Crippen molar-refractivity contribution in [1.29, 1.82) is 0 Å². The highest BCUT2D eigenvalue weighted by Gasteiger charge is 2.75. The Bertz CT molecular complexity index is 562. The van der Waals surface area contributed by atoms with Gasteiger partial charge < -0.3 is 19.7 Å². The summed E-state index contributed by atoms with van der Waals surface area (Å²) in [5.74, 6) is -0.439. The highest BCUT2D eigenvalue weighted by Crippen LogP contribution is 2.55. The molecule has 0 bridgehead atoms. The number of urea groups is 1. The van der Waals surface area contributed by atoms with Crippen molar-refractivity contribution in [3.8, 4) is 0 Å². The van der Waals surface area contributed by atoms with Crippen LogP contribution in [0.3, 0.4) is 0 Å². The lowest BCUT2D eigenvalue weighted by Crippen LogP contribution is -2.68. The Morgan fingerprint density at radius 1 is 1.35 bits per heavy atom. The maximum atomic E-state index is 12.4. The Kier molecular flexibility index (Phi) is 4.09. The molecule has 0 aromatic carbocycles. The van der Waals surface area contributed by atoms with Gasteiger partial charge in [0.25, 0.3) is 0 Å². The lowest BCUT2D eigenvalue weighted by atomic mass is 9.72. The Labute approximate surface area is 135 Å². The first-order chi connectivity index (χ1) is 10.5. The maximum absolute atomic E-state index is 12.4. The van der Waals surface area contributed by atoms with Crippen molar-refractivity contribution >= 4 is 11.9 Å². The summed E-state index contributed by atoms with van der Waals surface area (Å²) in [5, 5.41) is 23.0. The van der Waals surface area contributed by atoms with Crippen molar-refractivity contribution in [1.82, 2.24) is 10.2 Å². The number of hydrogen-bond donors (Lipinski definition) is 3. The van der Waals surface area contributed by atoms with Crippen LogP contribution in [0.15, 0.2) is 12.3 Å². The molecule has 1 saturated heterocycles. The number of imide groups is 1. The summed E-state index contributed by atoms with van der Waals surface area (Å²) in [7, 11) is 1.39. The Morgan fingerprint density at radius 3 is 2.48 bits per heavy atom. The van der Waals surface area contributed by atoms with Gasteiger partial charge in [0.05, 0.1) is 6.61 Å². The van der Waals surface area contributed by atoms with E-state index in [1.165, 1.54) is 31.2 Å². The van der Waals surface area contributed by atoms with Crippen LogP contribution in [0.4, 0.5) is 4.79 Å². The predicted octanol–water partition coefficient (Wildman–Crippen LogP) is 0.0955. The van der Waals surface area contributed by atoms with Gasteiger partial charge in [-0.2, -0.15) is 0 Å². The van der Waals surface area contributed by atoms with Gasteiger partial charge in [-0.3, -0.25) is 15.0 Å². The van der Waals surface area contributed by atoms with Crippen LogP contribution in [0.5, 0.6) is 0 Å². The molecule has 3 amide bonds. The minimum absolute atomic E-state index is 0.0513. The van der Waals surface area contributed by atoms with E-state index in [0.29, 0.717) is 0 Å². The van der Waals surface area contributed by atoms with Gasteiger partial charge in [0.15, 0.2) is 5.72 Å². The quantitative estimate of drug-likeness (QED) is 0.678. The highest BCUT2D eigenvalue weighted by molar-refractivity contribution is 5.96. The fraction of sp³-hybridized carbons (Fsp3) is 0.733. The first-order valence-electron chi connectivity index (χ1n) is 7.37. The molecular weight excluding hydrogens is 304 g/mol. The third-order valence-electron chi connectivity index (χ3n) is 5.46. The smallest absolute Gasteiger partial charge is 0.330 e. The van der Waals surface area contributed by atoms with Crippen LogP contribution in [0.25, 0.3) is 0 Å². The average Bonchev–Trinajstić information content (AvgIpc) is 2.61. The van der Waals surface area contributed by atoms with Crippen LogP contribution >= 0.6 is 0 Å². The molecule has 0 spiro atoms. The Morgan fingerprint density at radius 2 is 1.96 bits per heavy atom. The zero-order valence-electron chi connectivity index (χ0n) is 14.0. The van der Waals surface area contributed by atoms with Gasteiger partial charge in [-0.15, -0.1) is 0 Å². The summed E-state index contributed by atoms with van der Waals surface area (Å²) < 4.78 is 11.6. The first kappa shape index (κ1) is 17.9. The molecule has 0 aliphatic carbocycles. The number of rotatable bonds is 3. The van der Waals surface area contributed by atoms with E-state index in [9.17, 15) is 19.8 Å². The number of methoxy groups -OCH3 is 1. The molecule has 23 heavy (non-hydrogen) atoms. The SMILES string of the molecule is COC1(C)C(C)(O)C(C)(CO)O[C@@]1(C)N1C=CCC(=O)NC1=O. The van der Waals surface area contributed by atoms with E-state index >= 15 is 0 Å². The summed E-state index contributed by atoms with van der Waals surface area (Å²) in [5.41, 5.74) is -5.85. The van der Waals surface area contributed by atoms with Gasteiger partial charge in [0, 0.05) is 19.7 Å². The molecule has 0 saturated carbocycles. The second kappa shape index (κ2) is 5.27. The molecule has 2 heterocycles. The van der Waals surface area contributed by atoms with Crippen LogP contribution in [0, 0.1) is 0 Å². The molecular formula is C15H24N2O6. The van der Waals surface area contributed by atoms with Crippen LogP contribution in [0.1, 0.15) is 34.1 Å². The number of amides is 3. The van der Waals surface area contributed by atoms with E-state index in [-0.39, 0.29) is 6.42 Å². The molecule has 1 fully saturated rings. The molecule has 8 heteroatoms. The monoisotopic (exact) mass is 328 g/mol. The van der Waals surface area contributed by atoms with Gasteiger partial charge in [0.2, 0.25) is 5.91 Å². The number of nitrogens with zero attached hydrogens (tertiary/aromatic N) is 1. The molecule has 2 rings (SSSR count). The van der Waals surface area contributed by atoms with Crippen molar-refractivity contribution < 1.29 is 29.3 Å². The normalized spacial score (nSPS) is 44.4. The summed E-state index contributed by atoms with van der Waals surface area (Å²) >= 11 is 0. The van der Waals surface area contributed by atoms with Crippen molar-refractivity contribution in [3.63, 3.8) is 0 Å². The van der Waals surface area contributed by atoms with Gasteiger partial charge in [-0.1, -0.05) is 6.08 Å². The average molecular weight is 328 g/mol. The summed E-state index contributed by atoms with van der Waals surface area (Å²) in [6.07, 6.45) is 3.00. The van der Waals surface area contributed by atoms with Gasteiger partial charge in [-0.05, 0) is 27.7 Å². The van der Waals surface area contributed by atoms with Crippen LogP contribution in [-0.4, -0.2) is 63.3 Å². The molecule has 8 nitrogen and oxygen atoms in total. The number of aliphatic hydroxyl groups is 2. The standard InChI is InChI=1S/C15H24N2O6/c1-12(9-18)13(2,21)14(3,22-5)15(4,23-12)17-8-6-7-10(19)16-11(17)20/h6,8,18,21H,7,9H2,1-5H3,(H,16,19,20)/t12?,13?,14?,15-/m1/s1. The second-order valence-corrected chi connectivity index (χ2v) is 6.60. The number of carbonyl (C=O) groups is 2. The molecule has 2 aliphatic heterocycles. The Balaban J connectivity index is 2.59. The number of ether oxygens (including phenoxy) is 2. The number of carbonyl (C=O) groups excluding carboxylic acids is 2. The topological polar surface area (TPSA) is 108 Å². The maximum Gasteiger partial charge on any atom is 0.330 e. The van der Waals surface area contributed by atoms with Crippen molar-refractivity contribution in [2.45, 2.75) is 56.6 Å². The van der Waals surface area contributed by atoms with Crippen LogP contribution in [0.2, 0.25) is 0 Å². The fourth-order valence-electron chi connectivity index (χ4n) is 3.34. The molecule has 4 atom stereocenters. The minimum Gasteiger partial charge on any atom is -0.393 e. The van der Waals surface area contributed by atoms with E-state index in [1.54, 1.807) is 20.8 Å². The molecule has 0 radical (unpaired) electrons. The third kappa shape index (κ3) is 2.13. The number of hydrogen-bond acceptors (Lipinski definition) is 6. The van der Waals surface area contributed by atoms with E-state index in [4.69, 9.17) is 9.47 Å². The van der Waals surface area contributed by atoms with Gasteiger partial charge in [0.1, 0.15) is 16.8 Å². The van der Waals surface area contributed by atoms with Gasteiger partial charge in [-0.25, -0.2) is 4.79 Å². The molecule has 2 aliphatic rings. The van der Waals surface area contributed by atoms with E-state index < -0.39 is 41.1 Å². The van der Waals surface area contributed by atoms with E-state index in [1.807, 2.05) is 0 Å². The number of aliphatic hydroxyl groups excluding tert-OH is 1. The molecule has 0 aromatic heterocycles. The Hall–Kier alpha value is -1.48.